The first-order valence-corrected chi connectivity index (χ1v) is 6.49. The number of hydrogen-bond acceptors (Lipinski definition) is 3. The van der Waals surface area contributed by atoms with Crippen LogP contribution in [0.3, 0.4) is 0 Å². The molecule has 0 saturated heterocycles. The Morgan fingerprint density at radius 3 is 3.00 bits per heavy atom. The fourth-order valence-corrected chi connectivity index (χ4v) is 2.03. The van der Waals surface area contributed by atoms with Crippen LogP contribution in [0, 0.1) is 0 Å². The first-order chi connectivity index (χ1) is 8.33. The lowest BCUT2D eigenvalue weighted by Crippen LogP contribution is -2.17. The van der Waals surface area contributed by atoms with Gasteiger partial charge in [-0.1, -0.05) is 0 Å². The number of rotatable bonds is 4. The summed E-state index contributed by atoms with van der Waals surface area (Å²) < 4.78 is 2.82. The highest BCUT2D eigenvalue weighted by molar-refractivity contribution is 9.10. The van der Waals surface area contributed by atoms with Crippen LogP contribution in [0.4, 0.5) is 0 Å². The Balaban J connectivity index is 1.86. The number of halogens is 1. The summed E-state index contributed by atoms with van der Waals surface area (Å²) in [7, 11) is 0. The van der Waals surface area contributed by atoms with Gasteiger partial charge in [-0.05, 0) is 40.4 Å². The van der Waals surface area contributed by atoms with E-state index in [-0.39, 0.29) is 0 Å². The molecule has 17 heavy (non-hydrogen) atoms. The Kier molecular flexibility index (Phi) is 2.94. The van der Waals surface area contributed by atoms with E-state index in [1.165, 1.54) is 18.4 Å². The van der Waals surface area contributed by atoms with E-state index in [4.69, 9.17) is 0 Å². The summed E-state index contributed by atoms with van der Waals surface area (Å²) in [5.41, 5.74) is 2.26. The van der Waals surface area contributed by atoms with E-state index in [2.05, 4.69) is 31.3 Å². The molecular weight excluding hydrogens is 280 g/mol. The number of nitrogens with zero attached hydrogens (tertiary/aromatic N) is 3. The van der Waals surface area contributed by atoms with Gasteiger partial charge in [-0.3, -0.25) is 4.98 Å². The van der Waals surface area contributed by atoms with Gasteiger partial charge in [0, 0.05) is 25.0 Å². The standard InChI is InChI=1S/C12H13BrN4/c13-10-6-16-17(8-10)12-7-14-4-3-9(12)5-15-11-1-2-11/h3-4,6-8,11,15H,1-2,5H2. The first kappa shape index (κ1) is 10.9. The molecule has 88 valence electrons. The second-order valence-electron chi connectivity index (χ2n) is 4.26. The number of aromatic nitrogens is 3. The summed E-state index contributed by atoms with van der Waals surface area (Å²) in [5, 5.41) is 7.80. The summed E-state index contributed by atoms with van der Waals surface area (Å²) in [6.45, 7) is 0.875. The number of hydrogen-bond donors (Lipinski definition) is 1. The van der Waals surface area contributed by atoms with Crippen molar-refractivity contribution in [2.75, 3.05) is 0 Å². The van der Waals surface area contributed by atoms with Crippen LogP contribution in [0.5, 0.6) is 0 Å². The van der Waals surface area contributed by atoms with Crippen molar-refractivity contribution in [1.29, 1.82) is 0 Å². The summed E-state index contributed by atoms with van der Waals surface area (Å²) in [6, 6.07) is 2.75. The van der Waals surface area contributed by atoms with Crippen LogP contribution in [0.25, 0.3) is 5.69 Å². The van der Waals surface area contributed by atoms with Crippen LogP contribution in [0.1, 0.15) is 18.4 Å². The Morgan fingerprint density at radius 1 is 1.41 bits per heavy atom. The van der Waals surface area contributed by atoms with Crippen LogP contribution in [0.2, 0.25) is 0 Å². The number of pyridine rings is 1. The first-order valence-electron chi connectivity index (χ1n) is 5.70. The molecule has 0 aromatic carbocycles. The molecule has 2 aromatic rings. The molecule has 2 aromatic heterocycles. The van der Waals surface area contributed by atoms with E-state index in [1.54, 1.807) is 6.20 Å². The Hall–Kier alpha value is -1.20. The van der Waals surface area contributed by atoms with Crippen molar-refractivity contribution >= 4 is 15.9 Å². The zero-order valence-corrected chi connectivity index (χ0v) is 10.9. The van der Waals surface area contributed by atoms with E-state index >= 15 is 0 Å². The second kappa shape index (κ2) is 4.58. The minimum absolute atomic E-state index is 0.709. The molecule has 1 aliphatic rings. The Morgan fingerprint density at radius 2 is 2.29 bits per heavy atom. The van der Waals surface area contributed by atoms with Gasteiger partial charge in [-0.25, -0.2) is 4.68 Å². The van der Waals surface area contributed by atoms with Gasteiger partial charge in [0.15, 0.2) is 0 Å². The minimum atomic E-state index is 0.709. The van der Waals surface area contributed by atoms with Crippen molar-refractivity contribution < 1.29 is 0 Å². The number of nitrogens with one attached hydrogen (secondary N) is 1. The quantitative estimate of drug-likeness (QED) is 0.940. The third-order valence-corrected chi connectivity index (χ3v) is 3.25. The van der Waals surface area contributed by atoms with Crippen LogP contribution < -0.4 is 5.32 Å². The van der Waals surface area contributed by atoms with E-state index in [0.29, 0.717) is 6.04 Å². The maximum absolute atomic E-state index is 4.29. The lowest BCUT2D eigenvalue weighted by Gasteiger charge is -2.09. The SMILES string of the molecule is Brc1cnn(-c2cnccc2CNC2CC2)c1. The molecule has 4 nitrogen and oxygen atoms in total. The molecule has 0 radical (unpaired) electrons. The summed E-state index contributed by atoms with van der Waals surface area (Å²) in [6.07, 6.45) is 10.00. The normalized spacial score (nSPS) is 15.1. The van der Waals surface area contributed by atoms with Gasteiger partial charge in [0.05, 0.1) is 22.6 Å². The van der Waals surface area contributed by atoms with Crippen molar-refractivity contribution in [3.8, 4) is 5.69 Å². The van der Waals surface area contributed by atoms with Gasteiger partial charge in [-0.2, -0.15) is 5.10 Å². The maximum Gasteiger partial charge on any atom is 0.0874 e. The fourth-order valence-electron chi connectivity index (χ4n) is 1.75. The van der Waals surface area contributed by atoms with Crippen LogP contribution in [-0.2, 0) is 6.54 Å². The van der Waals surface area contributed by atoms with E-state index < -0.39 is 0 Å². The molecule has 0 bridgehead atoms. The third-order valence-electron chi connectivity index (χ3n) is 2.84. The molecule has 3 rings (SSSR count). The lowest BCUT2D eigenvalue weighted by atomic mass is 10.2. The Labute approximate surface area is 108 Å². The van der Waals surface area contributed by atoms with Gasteiger partial charge in [0.1, 0.15) is 0 Å². The molecule has 1 saturated carbocycles. The topological polar surface area (TPSA) is 42.7 Å². The average molecular weight is 293 g/mol. The van der Waals surface area contributed by atoms with Crippen molar-refractivity contribution in [2.45, 2.75) is 25.4 Å². The largest absolute Gasteiger partial charge is 0.310 e. The predicted octanol–water partition coefficient (Wildman–Crippen LogP) is 2.28. The zero-order chi connectivity index (χ0) is 11.7. The predicted molar refractivity (Wildman–Crippen MR) is 68.9 cm³/mol. The van der Waals surface area contributed by atoms with E-state index in [0.717, 1.165) is 16.7 Å². The molecule has 5 heteroatoms. The molecule has 0 unspecified atom stereocenters. The molecule has 1 fully saturated rings. The molecular formula is C12H13BrN4. The molecule has 1 N–H and O–H groups in total. The van der Waals surface area contributed by atoms with Crippen molar-refractivity contribution in [1.82, 2.24) is 20.1 Å². The summed E-state index contributed by atoms with van der Waals surface area (Å²) >= 11 is 3.41. The van der Waals surface area contributed by atoms with E-state index in [1.807, 2.05) is 29.3 Å². The highest BCUT2D eigenvalue weighted by Gasteiger charge is 2.20. The van der Waals surface area contributed by atoms with E-state index in [9.17, 15) is 0 Å². The average Bonchev–Trinajstić information content (AvgIpc) is 3.08. The van der Waals surface area contributed by atoms with Gasteiger partial charge in [0.2, 0.25) is 0 Å². The summed E-state index contributed by atoms with van der Waals surface area (Å²) in [5.74, 6) is 0. The van der Waals surface area contributed by atoms with Gasteiger partial charge in [0.25, 0.3) is 0 Å². The highest BCUT2D eigenvalue weighted by atomic mass is 79.9. The van der Waals surface area contributed by atoms with Crippen LogP contribution in [-0.4, -0.2) is 20.8 Å². The smallest absolute Gasteiger partial charge is 0.0874 e. The monoisotopic (exact) mass is 292 g/mol. The van der Waals surface area contributed by atoms with Gasteiger partial charge >= 0.3 is 0 Å². The molecule has 0 spiro atoms. The summed E-state index contributed by atoms with van der Waals surface area (Å²) in [4.78, 5) is 4.17. The zero-order valence-electron chi connectivity index (χ0n) is 9.31. The van der Waals surface area contributed by atoms with Crippen molar-refractivity contribution in [3.63, 3.8) is 0 Å². The third kappa shape index (κ3) is 2.56. The van der Waals surface area contributed by atoms with Gasteiger partial charge in [-0.15, -0.1) is 0 Å². The minimum Gasteiger partial charge on any atom is -0.310 e. The molecule has 0 atom stereocenters. The van der Waals surface area contributed by atoms with Gasteiger partial charge < -0.3 is 5.32 Å². The van der Waals surface area contributed by atoms with Crippen molar-refractivity contribution in [2.24, 2.45) is 0 Å². The molecule has 0 amide bonds. The maximum atomic E-state index is 4.29. The fraction of sp³-hybridized carbons (Fsp3) is 0.333. The molecule has 2 heterocycles. The van der Waals surface area contributed by atoms with Crippen molar-refractivity contribution in [3.05, 3.63) is 40.9 Å². The highest BCUT2D eigenvalue weighted by Crippen LogP contribution is 2.21. The Bertz CT molecular complexity index is 519. The van der Waals surface area contributed by atoms with Crippen LogP contribution >= 0.6 is 15.9 Å². The molecule has 0 aliphatic heterocycles. The van der Waals surface area contributed by atoms with Crippen LogP contribution in [0.15, 0.2) is 35.3 Å². The second-order valence-corrected chi connectivity index (χ2v) is 5.18. The lowest BCUT2D eigenvalue weighted by molar-refractivity contribution is 0.680. The molecule has 1 aliphatic carbocycles.